The van der Waals surface area contributed by atoms with E-state index in [9.17, 15) is 13.0 Å². The molecule has 5 rings (SSSR count). The van der Waals surface area contributed by atoms with Crippen LogP contribution in [0.1, 0.15) is 22.3 Å². The van der Waals surface area contributed by atoms with E-state index in [2.05, 4.69) is 0 Å². The Kier molecular flexibility index (Phi) is 11.6. The molecule has 0 radical (unpaired) electrons. The summed E-state index contributed by atoms with van der Waals surface area (Å²) in [5.74, 6) is 0. The molecule has 0 amide bonds. The van der Waals surface area contributed by atoms with Gasteiger partial charge in [0.25, 0.3) is 0 Å². The molecule has 5 atom stereocenters. The van der Waals surface area contributed by atoms with Gasteiger partial charge >= 0.3 is 10.4 Å². The minimum Gasteiger partial charge on any atom is -0.374 e. The van der Waals surface area contributed by atoms with Crippen molar-refractivity contribution in [2.75, 3.05) is 6.61 Å². The lowest BCUT2D eigenvalue weighted by Crippen LogP contribution is -2.62. The highest BCUT2D eigenvalue weighted by Gasteiger charge is 2.51. The number of ether oxygens (including phenoxy) is 5. The molecule has 4 aromatic carbocycles. The van der Waals surface area contributed by atoms with Crippen molar-refractivity contribution in [1.82, 2.24) is 0 Å². The maximum Gasteiger partial charge on any atom is 0.397 e. The molecule has 1 aliphatic heterocycles. The van der Waals surface area contributed by atoms with Crippen molar-refractivity contribution in [3.05, 3.63) is 144 Å². The van der Waals surface area contributed by atoms with E-state index in [1.807, 2.05) is 121 Å². The summed E-state index contributed by atoms with van der Waals surface area (Å²) in [6.07, 6.45) is -5.39. The van der Waals surface area contributed by atoms with Gasteiger partial charge in [-0.3, -0.25) is 4.55 Å². The number of hydrogen-bond acceptors (Lipinski definition) is 8. The molecular weight excluding hydrogens is 584 g/mol. The van der Waals surface area contributed by atoms with Crippen LogP contribution in [0.3, 0.4) is 0 Å². The first kappa shape index (κ1) is 32.0. The molecule has 1 heterocycles. The average Bonchev–Trinajstić information content (AvgIpc) is 3.04. The summed E-state index contributed by atoms with van der Waals surface area (Å²) >= 11 is 0. The van der Waals surface area contributed by atoms with Crippen LogP contribution >= 0.6 is 0 Å². The largest absolute Gasteiger partial charge is 0.397 e. The molecule has 9 nitrogen and oxygen atoms in total. The second kappa shape index (κ2) is 16.0. The topological polar surface area (TPSA) is 110 Å². The smallest absolute Gasteiger partial charge is 0.374 e. The second-order valence-corrected chi connectivity index (χ2v) is 11.4. The lowest BCUT2D eigenvalue weighted by atomic mass is 9.98. The SMILES string of the molecule is O=S(=O)(O)O[C@H]1[C@@H](OCc2ccccc2)[C@@H](COCc2ccccc2)O[C@@H](OCc2ccccc2)[C@@H]1OCc1ccccc1. The Hall–Kier alpha value is -3.45. The van der Waals surface area contributed by atoms with E-state index in [0.29, 0.717) is 6.61 Å². The lowest BCUT2D eigenvalue weighted by molar-refractivity contribution is -0.319. The fourth-order valence-electron chi connectivity index (χ4n) is 4.93. The summed E-state index contributed by atoms with van der Waals surface area (Å²) in [7, 11) is -4.94. The highest BCUT2D eigenvalue weighted by Crippen LogP contribution is 2.32. The summed E-state index contributed by atoms with van der Waals surface area (Å²) in [6, 6.07) is 37.9. The number of benzene rings is 4. The van der Waals surface area contributed by atoms with E-state index in [1.54, 1.807) is 0 Å². The Labute approximate surface area is 258 Å². The maximum atomic E-state index is 12.2. The van der Waals surface area contributed by atoms with Crippen molar-refractivity contribution in [2.45, 2.75) is 57.1 Å². The van der Waals surface area contributed by atoms with Crippen LogP contribution in [0.25, 0.3) is 0 Å². The molecule has 232 valence electrons. The van der Waals surface area contributed by atoms with Gasteiger partial charge in [0.2, 0.25) is 0 Å². The first-order valence-electron chi connectivity index (χ1n) is 14.3. The summed E-state index contributed by atoms with van der Waals surface area (Å²) < 4.78 is 70.9. The van der Waals surface area contributed by atoms with Crippen molar-refractivity contribution in [3.8, 4) is 0 Å². The quantitative estimate of drug-likeness (QED) is 0.172. The van der Waals surface area contributed by atoms with Gasteiger partial charge in [0, 0.05) is 0 Å². The minimum atomic E-state index is -4.94. The number of rotatable bonds is 15. The van der Waals surface area contributed by atoms with Crippen LogP contribution in [-0.2, 0) is 64.7 Å². The summed E-state index contributed by atoms with van der Waals surface area (Å²) in [4.78, 5) is 0. The Balaban J connectivity index is 1.43. The zero-order chi connectivity index (χ0) is 30.6. The van der Waals surface area contributed by atoms with E-state index < -0.39 is 41.1 Å². The first-order valence-corrected chi connectivity index (χ1v) is 15.7. The van der Waals surface area contributed by atoms with Crippen LogP contribution in [0.5, 0.6) is 0 Å². The van der Waals surface area contributed by atoms with E-state index in [-0.39, 0.29) is 26.4 Å². The average molecular weight is 621 g/mol. The summed E-state index contributed by atoms with van der Waals surface area (Å²) in [6.45, 7) is 0.695. The second-order valence-electron chi connectivity index (χ2n) is 10.4. The molecule has 1 aliphatic rings. The highest BCUT2D eigenvalue weighted by atomic mass is 32.3. The number of hydrogen-bond donors (Lipinski definition) is 1. The molecule has 44 heavy (non-hydrogen) atoms. The molecule has 1 N–H and O–H groups in total. The molecule has 0 spiro atoms. The predicted octanol–water partition coefficient (Wildman–Crippen LogP) is 5.50. The normalized spacial score (nSPS) is 22.1. The van der Waals surface area contributed by atoms with Gasteiger partial charge in [-0.2, -0.15) is 8.42 Å². The standard InChI is InChI=1S/C34H36O9S/c35-44(36,37)43-32-31(39-22-27-15-7-2-8-16-27)30(25-38-21-26-13-5-1-6-14-26)42-34(41-24-29-19-11-4-12-20-29)33(32)40-23-28-17-9-3-10-18-28/h1-20,30-34H,21-25H2,(H,35,36,37)/t30-,31+,32+,33-,34-/m1/s1. The third-order valence-electron chi connectivity index (χ3n) is 7.05. The van der Waals surface area contributed by atoms with E-state index in [4.69, 9.17) is 27.9 Å². The van der Waals surface area contributed by atoms with Gasteiger partial charge in [-0.05, 0) is 22.3 Å². The zero-order valence-corrected chi connectivity index (χ0v) is 24.9. The molecule has 1 saturated heterocycles. The summed E-state index contributed by atoms with van der Waals surface area (Å²) in [5, 5.41) is 0. The van der Waals surface area contributed by atoms with Crippen molar-refractivity contribution < 1.29 is 40.8 Å². The molecular formula is C34H36O9S. The molecule has 10 heteroatoms. The zero-order valence-electron chi connectivity index (χ0n) is 24.1. The van der Waals surface area contributed by atoms with Gasteiger partial charge in [0.05, 0.1) is 33.0 Å². The van der Waals surface area contributed by atoms with Gasteiger partial charge in [-0.1, -0.05) is 121 Å². The Morgan fingerprint density at radius 2 is 0.955 bits per heavy atom. The monoisotopic (exact) mass is 620 g/mol. The van der Waals surface area contributed by atoms with E-state index >= 15 is 0 Å². The Morgan fingerprint density at radius 3 is 1.41 bits per heavy atom. The lowest BCUT2D eigenvalue weighted by Gasteiger charge is -2.45. The molecule has 0 bridgehead atoms. The van der Waals surface area contributed by atoms with Crippen molar-refractivity contribution in [1.29, 1.82) is 0 Å². The maximum absolute atomic E-state index is 12.2. The van der Waals surface area contributed by atoms with Gasteiger partial charge in [0.1, 0.15) is 24.4 Å². The third-order valence-corrected chi connectivity index (χ3v) is 7.51. The van der Waals surface area contributed by atoms with Gasteiger partial charge in [-0.15, -0.1) is 0 Å². The van der Waals surface area contributed by atoms with Crippen LogP contribution < -0.4 is 0 Å². The molecule has 4 aromatic rings. The van der Waals surface area contributed by atoms with Crippen molar-refractivity contribution >= 4 is 10.4 Å². The Morgan fingerprint density at radius 1 is 0.545 bits per heavy atom. The van der Waals surface area contributed by atoms with Crippen LogP contribution in [0.4, 0.5) is 0 Å². The van der Waals surface area contributed by atoms with Crippen molar-refractivity contribution in [2.24, 2.45) is 0 Å². The van der Waals surface area contributed by atoms with Gasteiger partial charge in [-0.25, -0.2) is 4.18 Å². The van der Waals surface area contributed by atoms with E-state index in [1.165, 1.54) is 0 Å². The van der Waals surface area contributed by atoms with E-state index in [0.717, 1.165) is 22.3 Å². The van der Waals surface area contributed by atoms with Gasteiger partial charge in [0.15, 0.2) is 6.29 Å². The molecule has 0 saturated carbocycles. The summed E-state index contributed by atoms with van der Waals surface area (Å²) in [5.41, 5.74) is 3.53. The fraction of sp³-hybridized carbons (Fsp3) is 0.294. The van der Waals surface area contributed by atoms with Gasteiger partial charge < -0.3 is 23.7 Å². The predicted molar refractivity (Wildman–Crippen MR) is 162 cm³/mol. The minimum absolute atomic E-state index is 0.0241. The third kappa shape index (κ3) is 9.78. The van der Waals surface area contributed by atoms with Crippen LogP contribution in [-0.4, -0.2) is 50.3 Å². The fourth-order valence-corrected chi connectivity index (χ4v) is 5.43. The molecule has 0 aliphatic carbocycles. The highest BCUT2D eigenvalue weighted by molar-refractivity contribution is 7.80. The molecule has 1 fully saturated rings. The van der Waals surface area contributed by atoms with Crippen LogP contribution in [0, 0.1) is 0 Å². The van der Waals surface area contributed by atoms with Crippen LogP contribution in [0.15, 0.2) is 121 Å². The first-order chi connectivity index (χ1) is 21.4. The Bertz CT molecular complexity index is 1490. The van der Waals surface area contributed by atoms with Crippen LogP contribution in [0.2, 0.25) is 0 Å². The van der Waals surface area contributed by atoms with Crippen molar-refractivity contribution in [3.63, 3.8) is 0 Å². The molecule has 0 unspecified atom stereocenters. The molecule has 0 aromatic heterocycles.